The highest BCUT2D eigenvalue weighted by Gasteiger charge is 2.16. The fourth-order valence-corrected chi connectivity index (χ4v) is 1.81. The summed E-state index contributed by atoms with van der Waals surface area (Å²) in [5.41, 5.74) is 0.511. The van der Waals surface area contributed by atoms with Gasteiger partial charge in [-0.1, -0.05) is 54.4 Å². The molecule has 1 heteroatoms. The lowest BCUT2D eigenvalue weighted by atomic mass is 9.83. The highest BCUT2D eigenvalue weighted by Crippen LogP contribution is 2.27. The number of hydrogen-bond donors (Lipinski definition) is 1. The van der Waals surface area contributed by atoms with Gasteiger partial charge in [-0.3, -0.25) is 0 Å². The van der Waals surface area contributed by atoms with Crippen LogP contribution in [-0.4, -0.2) is 12.6 Å². The van der Waals surface area contributed by atoms with Crippen LogP contribution in [0.15, 0.2) is 0 Å². The highest BCUT2D eigenvalue weighted by molar-refractivity contribution is 4.70. The van der Waals surface area contributed by atoms with Crippen LogP contribution in [0.3, 0.4) is 0 Å². The second kappa shape index (κ2) is 7.27. The van der Waals surface area contributed by atoms with Crippen molar-refractivity contribution in [1.29, 1.82) is 0 Å². The molecule has 15 heavy (non-hydrogen) atoms. The first-order valence-electron chi connectivity index (χ1n) is 6.57. The van der Waals surface area contributed by atoms with Crippen LogP contribution in [0.2, 0.25) is 0 Å². The van der Waals surface area contributed by atoms with Gasteiger partial charge in [0, 0.05) is 6.04 Å². The molecule has 0 spiro atoms. The molecule has 0 aromatic carbocycles. The van der Waals surface area contributed by atoms with Gasteiger partial charge >= 0.3 is 0 Å². The van der Waals surface area contributed by atoms with E-state index in [4.69, 9.17) is 0 Å². The van der Waals surface area contributed by atoms with Crippen molar-refractivity contribution >= 4 is 0 Å². The Balaban J connectivity index is 3.57. The Hall–Kier alpha value is -0.0400. The molecule has 0 radical (unpaired) electrons. The van der Waals surface area contributed by atoms with Crippen molar-refractivity contribution in [2.24, 2.45) is 11.3 Å². The van der Waals surface area contributed by atoms with E-state index in [0.29, 0.717) is 11.5 Å². The van der Waals surface area contributed by atoms with Crippen LogP contribution in [0.1, 0.15) is 67.2 Å². The third-order valence-electron chi connectivity index (χ3n) is 2.99. The van der Waals surface area contributed by atoms with E-state index in [2.05, 4.69) is 46.9 Å². The topological polar surface area (TPSA) is 12.0 Å². The zero-order valence-corrected chi connectivity index (χ0v) is 11.7. The Kier molecular flexibility index (Phi) is 7.25. The standard InChI is InChI=1S/C14H31N/c1-12(2)8-7-9-14(5,6)10-11-15-13(3)4/h12-13,15H,7-11H2,1-6H3. The Bertz CT molecular complexity index is 131. The van der Waals surface area contributed by atoms with Crippen molar-refractivity contribution in [1.82, 2.24) is 5.32 Å². The molecule has 0 aromatic heterocycles. The largest absolute Gasteiger partial charge is 0.315 e. The van der Waals surface area contributed by atoms with E-state index >= 15 is 0 Å². The average Bonchev–Trinajstić information content (AvgIpc) is 2.01. The molecule has 0 saturated carbocycles. The van der Waals surface area contributed by atoms with Crippen molar-refractivity contribution in [2.75, 3.05) is 6.54 Å². The lowest BCUT2D eigenvalue weighted by Gasteiger charge is -2.25. The van der Waals surface area contributed by atoms with Crippen molar-refractivity contribution in [3.8, 4) is 0 Å². The predicted molar refractivity (Wildman–Crippen MR) is 70.2 cm³/mol. The first-order chi connectivity index (χ1) is 6.83. The molecule has 92 valence electrons. The molecule has 0 aliphatic carbocycles. The van der Waals surface area contributed by atoms with E-state index in [9.17, 15) is 0 Å². The van der Waals surface area contributed by atoms with Crippen LogP contribution >= 0.6 is 0 Å². The summed E-state index contributed by atoms with van der Waals surface area (Å²) < 4.78 is 0. The normalized spacial score (nSPS) is 12.8. The van der Waals surface area contributed by atoms with Crippen molar-refractivity contribution in [3.63, 3.8) is 0 Å². The summed E-state index contributed by atoms with van der Waals surface area (Å²) >= 11 is 0. The number of hydrogen-bond acceptors (Lipinski definition) is 1. The molecule has 0 aliphatic heterocycles. The van der Waals surface area contributed by atoms with Crippen molar-refractivity contribution in [3.05, 3.63) is 0 Å². The van der Waals surface area contributed by atoms with E-state index in [1.807, 2.05) is 0 Å². The SMILES string of the molecule is CC(C)CCCC(C)(C)CCNC(C)C. The second-order valence-electron chi connectivity index (χ2n) is 6.31. The van der Waals surface area contributed by atoms with Gasteiger partial charge in [-0.05, 0) is 30.7 Å². The average molecular weight is 213 g/mol. The quantitative estimate of drug-likeness (QED) is 0.636. The first-order valence-corrected chi connectivity index (χ1v) is 6.57. The molecule has 0 amide bonds. The Morgan fingerprint density at radius 1 is 1.00 bits per heavy atom. The van der Waals surface area contributed by atoms with Crippen LogP contribution < -0.4 is 5.32 Å². The van der Waals surface area contributed by atoms with Crippen molar-refractivity contribution in [2.45, 2.75) is 73.3 Å². The maximum absolute atomic E-state index is 3.50. The fraction of sp³-hybridized carbons (Fsp3) is 1.00. The molecular weight excluding hydrogens is 182 g/mol. The molecule has 0 atom stereocenters. The third kappa shape index (κ3) is 10.2. The summed E-state index contributed by atoms with van der Waals surface area (Å²) in [4.78, 5) is 0. The Morgan fingerprint density at radius 2 is 1.60 bits per heavy atom. The van der Waals surface area contributed by atoms with Crippen LogP contribution in [0, 0.1) is 11.3 Å². The molecule has 1 nitrogen and oxygen atoms in total. The zero-order chi connectivity index (χ0) is 11.9. The van der Waals surface area contributed by atoms with Gasteiger partial charge in [-0.15, -0.1) is 0 Å². The summed E-state index contributed by atoms with van der Waals surface area (Å²) in [7, 11) is 0. The van der Waals surface area contributed by atoms with Gasteiger partial charge in [0.05, 0.1) is 0 Å². The lowest BCUT2D eigenvalue weighted by Crippen LogP contribution is -2.27. The van der Waals surface area contributed by atoms with E-state index in [1.54, 1.807) is 0 Å². The van der Waals surface area contributed by atoms with Gasteiger partial charge < -0.3 is 5.32 Å². The van der Waals surface area contributed by atoms with Crippen LogP contribution in [0.25, 0.3) is 0 Å². The van der Waals surface area contributed by atoms with Crippen LogP contribution in [0.4, 0.5) is 0 Å². The molecule has 0 fully saturated rings. The predicted octanol–water partition coefficient (Wildman–Crippen LogP) is 4.23. The van der Waals surface area contributed by atoms with E-state index < -0.39 is 0 Å². The molecule has 0 aliphatic rings. The van der Waals surface area contributed by atoms with Gasteiger partial charge in [-0.25, -0.2) is 0 Å². The molecule has 0 unspecified atom stereocenters. The van der Waals surface area contributed by atoms with Gasteiger partial charge in [0.25, 0.3) is 0 Å². The minimum atomic E-state index is 0.511. The third-order valence-corrected chi connectivity index (χ3v) is 2.99. The lowest BCUT2D eigenvalue weighted by molar-refractivity contribution is 0.281. The molecule has 1 N–H and O–H groups in total. The molecule has 0 rings (SSSR count). The fourth-order valence-electron chi connectivity index (χ4n) is 1.81. The molecular formula is C14H31N. The molecule has 0 aromatic rings. The summed E-state index contributed by atoms with van der Waals surface area (Å²) in [6.07, 6.45) is 5.42. The number of nitrogens with one attached hydrogen (secondary N) is 1. The summed E-state index contributed by atoms with van der Waals surface area (Å²) in [5.74, 6) is 0.856. The van der Waals surface area contributed by atoms with E-state index in [0.717, 1.165) is 12.5 Å². The maximum atomic E-state index is 3.50. The summed E-state index contributed by atoms with van der Waals surface area (Å²) in [5, 5.41) is 3.50. The van der Waals surface area contributed by atoms with Crippen LogP contribution in [-0.2, 0) is 0 Å². The molecule has 0 heterocycles. The summed E-state index contributed by atoms with van der Waals surface area (Å²) in [6, 6.07) is 0.622. The van der Waals surface area contributed by atoms with Crippen molar-refractivity contribution < 1.29 is 0 Å². The van der Waals surface area contributed by atoms with E-state index in [-0.39, 0.29) is 0 Å². The highest BCUT2D eigenvalue weighted by atomic mass is 14.9. The molecule has 0 saturated heterocycles. The van der Waals surface area contributed by atoms with E-state index in [1.165, 1.54) is 25.7 Å². The van der Waals surface area contributed by atoms with Gasteiger partial charge in [-0.2, -0.15) is 0 Å². The Labute approximate surface area is 97.0 Å². The minimum absolute atomic E-state index is 0.511. The Morgan fingerprint density at radius 3 is 2.07 bits per heavy atom. The molecule has 0 bridgehead atoms. The summed E-state index contributed by atoms with van der Waals surface area (Å²) in [6.45, 7) is 15.0. The second-order valence-corrected chi connectivity index (χ2v) is 6.31. The first kappa shape index (κ1) is 15.0. The minimum Gasteiger partial charge on any atom is -0.315 e. The van der Waals surface area contributed by atoms with Crippen LogP contribution in [0.5, 0.6) is 0 Å². The maximum Gasteiger partial charge on any atom is 0.00103 e. The van der Waals surface area contributed by atoms with Gasteiger partial charge in [0.1, 0.15) is 0 Å². The monoisotopic (exact) mass is 213 g/mol. The van der Waals surface area contributed by atoms with Gasteiger partial charge in [0.15, 0.2) is 0 Å². The smallest absolute Gasteiger partial charge is 0.00103 e. The number of rotatable bonds is 8. The zero-order valence-electron chi connectivity index (χ0n) is 11.7. The van der Waals surface area contributed by atoms with Gasteiger partial charge in [0.2, 0.25) is 0 Å².